The zero-order chi connectivity index (χ0) is 7.66. The largest absolute Gasteiger partial charge is 1.00 e. The summed E-state index contributed by atoms with van der Waals surface area (Å²) in [4.78, 5) is 0. The standard InChI is InChI=1S/C10H21.Li/c1-3-5-7-9-10-8-6-4-2;/h7H,3-6,8-10H2,1-2H3;/q-1;+1. The summed E-state index contributed by atoms with van der Waals surface area (Å²) in [5.74, 6) is 0. The molecule has 0 aromatic heterocycles. The van der Waals surface area contributed by atoms with Crippen LogP contribution in [0.4, 0.5) is 0 Å². The Bertz CT molecular complexity index is 44.8. The summed E-state index contributed by atoms with van der Waals surface area (Å²) in [5.41, 5.74) is 0. The van der Waals surface area contributed by atoms with E-state index in [9.17, 15) is 0 Å². The summed E-state index contributed by atoms with van der Waals surface area (Å²) in [6.45, 7) is 4.50. The Hall–Kier alpha value is 0.597. The summed E-state index contributed by atoms with van der Waals surface area (Å²) in [6, 6.07) is 0. The minimum Gasteiger partial charge on any atom is -0.328 e. The maximum absolute atomic E-state index is 2.43. The van der Waals surface area contributed by atoms with Gasteiger partial charge in [-0.15, -0.1) is 0 Å². The molecule has 0 bridgehead atoms. The molecule has 0 aliphatic carbocycles. The van der Waals surface area contributed by atoms with Gasteiger partial charge in [0.15, 0.2) is 0 Å². The molecular weight excluding hydrogens is 127 g/mol. The van der Waals surface area contributed by atoms with Crippen molar-refractivity contribution >= 4 is 0 Å². The van der Waals surface area contributed by atoms with Crippen molar-refractivity contribution in [2.45, 2.75) is 58.8 Å². The van der Waals surface area contributed by atoms with Crippen molar-refractivity contribution in [2.75, 3.05) is 0 Å². The van der Waals surface area contributed by atoms with Crippen LogP contribution >= 0.6 is 0 Å². The Kier molecular flexibility index (Phi) is 17.0. The molecule has 11 heavy (non-hydrogen) atoms. The van der Waals surface area contributed by atoms with Crippen molar-refractivity contribution < 1.29 is 18.9 Å². The molecule has 0 N–H and O–H groups in total. The van der Waals surface area contributed by atoms with Crippen molar-refractivity contribution in [2.24, 2.45) is 0 Å². The molecule has 0 atom stereocenters. The molecule has 62 valence electrons. The average Bonchev–Trinajstić information content (AvgIpc) is 1.97. The number of rotatable bonds is 7. The van der Waals surface area contributed by atoms with Gasteiger partial charge in [0.05, 0.1) is 0 Å². The van der Waals surface area contributed by atoms with Gasteiger partial charge in [-0.05, 0) is 0 Å². The second-order valence-electron chi connectivity index (χ2n) is 2.93. The van der Waals surface area contributed by atoms with Crippen LogP contribution in [0.15, 0.2) is 0 Å². The van der Waals surface area contributed by atoms with Crippen LogP contribution in [0.5, 0.6) is 0 Å². The van der Waals surface area contributed by atoms with Crippen molar-refractivity contribution in [3.05, 3.63) is 6.42 Å². The predicted octanol–water partition coefficient (Wildman–Crippen LogP) is 0.965. The van der Waals surface area contributed by atoms with E-state index in [1.165, 1.54) is 44.9 Å². The van der Waals surface area contributed by atoms with Gasteiger partial charge in [0.1, 0.15) is 0 Å². The summed E-state index contributed by atoms with van der Waals surface area (Å²) in [5, 5.41) is 0. The summed E-state index contributed by atoms with van der Waals surface area (Å²) >= 11 is 0. The van der Waals surface area contributed by atoms with Gasteiger partial charge in [-0.3, -0.25) is 0 Å². The van der Waals surface area contributed by atoms with Gasteiger partial charge < -0.3 is 6.42 Å². The Balaban J connectivity index is 0. The molecule has 0 heterocycles. The van der Waals surface area contributed by atoms with Gasteiger partial charge >= 0.3 is 18.9 Å². The number of unbranched alkanes of at least 4 members (excludes halogenated alkanes) is 7. The molecule has 0 fully saturated rings. The molecule has 0 rings (SSSR count). The number of hydrogen-bond donors (Lipinski definition) is 0. The van der Waals surface area contributed by atoms with Crippen molar-refractivity contribution in [3.8, 4) is 0 Å². The first-order valence-corrected chi connectivity index (χ1v) is 4.73. The van der Waals surface area contributed by atoms with Gasteiger partial charge in [0, 0.05) is 0 Å². The molecule has 0 aliphatic rings. The third-order valence-corrected chi connectivity index (χ3v) is 1.75. The van der Waals surface area contributed by atoms with E-state index in [0.717, 1.165) is 0 Å². The SMILES string of the molecule is CCC[CH-]CCCCCC.[Li+]. The maximum Gasteiger partial charge on any atom is 1.00 e. The van der Waals surface area contributed by atoms with Crippen LogP contribution in [-0.2, 0) is 0 Å². The van der Waals surface area contributed by atoms with Crippen molar-refractivity contribution in [3.63, 3.8) is 0 Å². The molecule has 0 spiro atoms. The molecule has 0 aliphatic heterocycles. The molecule has 0 saturated heterocycles. The van der Waals surface area contributed by atoms with Gasteiger partial charge in [0.25, 0.3) is 0 Å². The molecule has 0 aromatic carbocycles. The van der Waals surface area contributed by atoms with E-state index in [-0.39, 0.29) is 18.9 Å². The van der Waals surface area contributed by atoms with E-state index in [4.69, 9.17) is 0 Å². The van der Waals surface area contributed by atoms with Crippen LogP contribution in [-0.4, -0.2) is 0 Å². The normalized spacial score (nSPS) is 9.27. The zero-order valence-corrected chi connectivity index (χ0v) is 8.53. The second kappa shape index (κ2) is 13.2. The van der Waals surface area contributed by atoms with E-state index >= 15 is 0 Å². The topological polar surface area (TPSA) is 0 Å². The fraction of sp³-hybridized carbons (Fsp3) is 0.900. The molecule has 0 nitrogen and oxygen atoms in total. The van der Waals surface area contributed by atoms with E-state index in [1.807, 2.05) is 0 Å². The predicted molar refractivity (Wildman–Crippen MR) is 48.0 cm³/mol. The smallest absolute Gasteiger partial charge is 0.328 e. The van der Waals surface area contributed by atoms with Crippen LogP contribution in [0, 0.1) is 6.42 Å². The van der Waals surface area contributed by atoms with Gasteiger partial charge in [-0.1, -0.05) is 46.0 Å². The molecule has 0 aromatic rings. The van der Waals surface area contributed by atoms with Crippen molar-refractivity contribution in [1.82, 2.24) is 0 Å². The van der Waals surface area contributed by atoms with Crippen LogP contribution in [0.1, 0.15) is 58.8 Å². The number of hydrogen-bond acceptors (Lipinski definition) is 0. The zero-order valence-electron chi connectivity index (χ0n) is 8.53. The Labute approximate surface area is 84.3 Å². The average molecular weight is 148 g/mol. The monoisotopic (exact) mass is 148 g/mol. The van der Waals surface area contributed by atoms with E-state index in [2.05, 4.69) is 20.3 Å². The Morgan fingerprint density at radius 2 is 1.55 bits per heavy atom. The third kappa shape index (κ3) is 13.6. The summed E-state index contributed by atoms with van der Waals surface area (Å²) in [6.07, 6.45) is 12.0. The fourth-order valence-electron chi connectivity index (χ4n) is 1.06. The molecule has 0 unspecified atom stereocenters. The molecule has 0 radical (unpaired) electrons. The van der Waals surface area contributed by atoms with Gasteiger partial charge in [0.2, 0.25) is 0 Å². The van der Waals surface area contributed by atoms with E-state index in [0.29, 0.717) is 0 Å². The van der Waals surface area contributed by atoms with Crippen LogP contribution < -0.4 is 18.9 Å². The van der Waals surface area contributed by atoms with Crippen LogP contribution in [0.3, 0.4) is 0 Å². The molecule has 1 heteroatoms. The third-order valence-electron chi connectivity index (χ3n) is 1.75. The maximum atomic E-state index is 2.43. The van der Waals surface area contributed by atoms with Crippen LogP contribution in [0.25, 0.3) is 0 Å². The minimum atomic E-state index is 0. The first kappa shape index (κ1) is 14.1. The Morgan fingerprint density at radius 1 is 0.818 bits per heavy atom. The van der Waals surface area contributed by atoms with E-state index < -0.39 is 0 Å². The second-order valence-corrected chi connectivity index (χ2v) is 2.93. The summed E-state index contributed by atoms with van der Waals surface area (Å²) in [7, 11) is 0. The molecule has 0 amide bonds. The van der Waals surface area contributed by atoms with Crippen molar-refractivity contribution in [1.29, 1.82) is 0 Å². The molecule has 0 saturated carbocycles. The van der Waals surface area contributed by atoms with Crippen LogP contribution in [0.2, 0.25) is 0 Å². The minimum absolute atomic E-state index is 0. The van der Waals surface area contributed by atoms with Gasteiger partial charge in [-0.25, -0.2) is 0 Å². The van der Waals surface area contributed by atoms with Gasteiger partial charge in [-0.2, -0.15) is 12.8 Å². The quantitative estimate of drug-likeness (QED) is 0.287. The summed E-state index contributed by atoms with van der Waals surface area (Å²) < 4.78 is 0. The Morgan fingerprint density at radius 3 is 2.09 bits per heavy atom. The molecular formula is C10H21Li. The van der Waals surface area contributed by atoms with E-state index in [1.54, 1.807) is 0 Å². The first-order valence-electron chi connectivity index (χ1n) is 4.73. The fourth-order valence-corrected chi connectivity index (χ4v) is 1.06. The first-order chi connectivity index (χ1) is 4.91.